The average molecular weight is 364 g/mol. The summed E-state index contributed by atoms with van der Waals surface area (Å²) in [4.78, 5) is 2.17. The minimum Gasteiger partial charge on any atom is -0.283 e. The topological polar surface area (TPSA) is 38.9 Å². The van der Waals surface area contributed by atoms with Crippen LogP contribution in [0, 0.1) is 3.95 Å². The smallest absolute Gasteiger partial charge is 0.181 e. The summed E-state index contributed by atoms with van der Waals surface area (Å²) >= 11 is 8.53. The zero-order valence-corrected chi connectivity index (χ0v) is 15.4. The molecule has 0 aliphatic carbocycles. The van der Waals surface area contributed by atoms with Gasteiger partial charge in [-0.1, -0.05) is 41.3 Å². The summed E-state index contributed by atoms with van der Waals surface area (Å²) in [7, 11) is 2.06. The van der Waals surface area contributed by atoms with Gasteiger partial charge in [-0.25, -0.2) is 9.36 Å². The summed E-state index contributed by atoms with van der Waals surface area (Å²) < 4.78 is 5.57. The lowest BCUT2D eigenvalue weighted by Crippen LogP contribution is -2.22. The second-order valence-electron chi connectivity index (χ2n) is 5.12. The van der Waals surface area contributed by atoms with E-state index in [1.165, 1.54) is 0 Å². The predicted octanol–water partition coefficient (Wildman–Crippen LogP) is 3.67. The third-order valence-electron chi connectivity index (χ3n) is 3.25. The molecule has 0 saturated carbocycles. The van der Waals surface area contributed by atoms with Gasteiger partial charge in [-0.2, -0.15) is 10.2 Å². The molecule has 0 atom stereocenters. The van der Waals surface area contributed by atoms with Gasteiger partial charge in [0.05, 0.1) is 18.6 Å². The van der Waals surface area contributed by atoms with Crippen LogP contribution in [0.2, 0.25) is 0 Å². The van der Waals surface area contributed by atoms with E-state index in [0.717, 1.165) is 26.1 Å². The number of rotatable bonds is 6. The van der Waals surface area contributed by atoms with E-state index in [4.69, 9.17) is 12.2 Å². The van der Waals surface area contributed by atoms with Crippen LogP contribution >= 0.6 is 35.3 Å². The third kappa shape index (κ3) is 4.08. The predicted molar refractivity (Wildman–Crippen MR) is 97.8 cm³/mol. The SMILES string of the molecule is CSc1nn(CN(C)Cc2cnn(-c3ccccc3)c2)c(=S)s1. The molecule has 0 N–H and O–H groups in total. The largest absolute Gasteiger partial charge is 0.283 e. The Bertz CT molecular complexity index is 821. The lowest BCUT2D eigenvalue weighted by Gasteiger charge is -2.15. The number of hydrogen-bond acceptors (Lipinski definition) is 6. The van der Waals surface area contributed by atoms with Gasteiger partial charge in [-0.3, -0.25) is 4.90 Å². The van der Waals surface area contributed by atoms with Crippen molar-refractivity contribution in [3.8, 4) is 5.69 Å². The van der Waals surface area contributed by atoms with Gasteiger partial charge < -0.3 is 0 Å². The van der Waals surface area contributed by atoms with E-state index in [0.29, 0.717) is 6.67 Å². The maximum Gasteiger partial charge on any atom is 0.181 e. The molecule has 1 aromatic carbocycles. The highest BCUT2D eigenvalue weighted by atomic mass is 32.2. The maximum absolute atomic E-state index is 5.35. The molecule has 0 fully saturated rings. The van der Waals surface area contributed by atoms with E-state index < -0.39 is 0 Å². The fourth-order valence-electron chi connectivity index (χ4n) is 2.21. The van der Waals surface area contributed by atoms with Gasteiger partial charge >= 0.3 is 0 Å². The summed E-state index contributed by atoms with van der Waals surface area (Å²) in [6, 6.07) is 10.1. The lowest BCUT2D eigenvalue weighted by atomic mass is 10.3. The van der Waals surface area contributed by atoms with Gasteiger partial charge in [0.15, 0.2) is 8.29 Å². The second kappa shape index (κ2) is 7.39. The Balaban J connectivity index is 1.66. The molecule has 0 unspecified atom stereocenters. The van der Waals surface area contributed by atoms with Crippen molar-refractivity contribution in [3.05, 3.63) is 52.2 Å². The Morgan fingerprint density at radius 2 is 2.09 bits per heavy atom. The first-order chi connectivity index (χ1) is 11.2. The Kier molecular flexibility index (Phi) is 5.27. The van der Waals surface area contributed by atoms with Gasteiger partial charge in [-0.05, 0) is 37.7 Å². The molecule has 0 spiro atoms. The van der Waals surface area contributed by atoms with Crippen LogP contribution in [0.5, 0.6) is 0 Å². The maximum atomic E-state index is 5.35. The van der Waals surface area contributed by atoms with Gasteiger partial charge in [0.2, 0.25) is 0 Å². The van der Waals surface area contributed by atoms with Crippen LogP contribution in [0.15, 0.2) is 47.1 Å². The number of para-hydroxylation sites is 1. The molecular formula is C15H17N5S3. The van der Waals surface area contributed by atoms with Crippen molar-refractivity contribution in [1.82, 2.24) is 24.5 Å². The van der Waals surface area contributed by atoms with E-state index in [2.05, 4.69) is 28.3 Å². The van der Waals surface area contributed by atoms with Gasteiger partial charge in [-0.15, -0.1) is 0 Å². The lowest BCUT2D eigenvalue weighted by molar-refractivity contribution is 0.243. The molecule has 120 valence electrons. The Labute approximate surface area is 148 Å². The Morgan fingerprint density at radius 3 is 2.78 bits per heavy atom. The Morgan fingerprint density at radius 1 is 1.30 bits per heavy atom. The molecule has 0 aliphatic heterocycles. The molecule has 0 saturated heterocycles. The minimum absolute atomic E-state index is 0.673. The molecule has 8 heteroatoms. The van der Waals surface area contributed by atoms with Crippen molar-refractivity contribution in [3.63, 3.8) is 0 Å². The van der Waals surface area contributed by atoms with Crippen LogP contribution in [0.1, 0.15) is 5.56 Å². The first kappa shape index (κ1) is 16.4. The van der Waals surface area contributed by atoms with E-state index in [-0.39, 0.29) is 0 Å². The van der Waals surface area contributed by atoms with E-state index >= 15 is 0 Å². The fourth-order valence-corrected chi connectivity index (χ4v) is 3.95. The normalized spacial score (nSPS) is 11.3. The van der Waals surface area contributed by atoms with Crippen LogP contribution in [0.3, 0.4) is 0 Å². The molecule has 0 amide bonds. The van der Waals surface area contributed by atoms with Gasteiger partial charge in [0, 0.05) is 18.3 Å². The van der Waals surface area contributed by atoms with E-state index in [1.807, 2.05) is 52.1 Å². The Hall–Kier alpha value is -1.48. The monoisotopic (exact) mass is 363 g/mol. The third-order valence-corrected chi connectivity index (χ3v) is 5.53. The molecule has 2 aromatic heterocycles. The molecule has 0 bridgehead atoms. The van der Waals surface area contributed by atoms with Crippen LogP contribution in [0.25, 0.3) is 5.69 Å². The molecule has 0 radical (unpaired) electrons. The molecule has 3 aromatic rings. The summed E-state index contributed by atoms with van der Waals surface area (Å²) in [5.74, 6) is 0. The summed E-state index contributed by atoms with van der Waals surface area (Å²) in [5, 5.41) is 8.92. The summed E-state index contributed by atoms with van der Waals surface area (Å²) in [6.07, 6.45) is 5.97. The quantitative estimate of drug-likeness (QED) is 0.493. The number of aromatic nitrogens is 4. The highest BCUT2D eigenvalue weighted by Gasteiger charge is 2.08. The van der Waals surface area contributed by atoms with E-state index in [1.54, 1.807) is 23.1 Å². The van der Waals surface area contributed by atoms with E-state index in [9.17, 15) is 0 Å². The zero-order chi connectivity index (χ0) is 16.2. The highest BCUT2D eigenvalue weighted by molar-refractivity contribution is 8.00. The van der Waals surface area contributed by atoms with Crippen LogP contribution in [-0.4, -0.2) is 37.8 Å². The van der Waals surface area contributed by atoms with Gasteiger partial charge in [0.1, 0.15) is 0 Å². The number of nitrogens with zero attached hydrogens (tertiary/aromatic N) is 5. The van der Waals surface area contributed by atoms with Crippen molar-refractivity contribution in [2.24, 2.45) is 0 Å². The first-order valence-electron chi connectivity index (χ1n) is 7.05. The van der Waals surface area contributed by atoms with Crippen molar-refractivity contribution >= 4 is 35.3 Å². The van der Waals surface area contributed by atoms with Crippen LogP contribution in [0.4, 0.5) is 0 Å². The summed E-state index contributed by atoms with van der Waals surface area (Å²) in [5.41, 5.74) is 2.22. The molecule has 3 rings (SSSR count). The minimum atomic E-state index is 0.673. The zero-order valence-electron chi connectivity index (χ0n) is 12.9. The fraction of sp³-hybridized carbons (Fsp3) is 0.267. The van der Waals surface area contributed by atoms with Crippen molar-refractivity contribution in [2.45, 2.75) is 17.6 Å². The first-order valence-corrected chi connectivity index (χ1v) is 9.50. The van der Waals surface area contributed by atoms with Crippen LogP contribution in [-0.2, 0) is 13.2 Å². The van der Waals surface area contributed by atoms with Crippen LogP contribution < -0.4 is 0 Å². The molecular weight excluding hydrogens is 346 g/mol. The number of thioether (sulfide) groups is 1. The average Bonchev–Trinajstić information content (AvgIpc) is 3.15. The van der Waals surface area contributed by atoms with Crippen molar-refractivity contribution in [2.75, 3.05) is 13.3 Å². The van der Waals surface area contributed by atoms with Crippen molar-refractivity contribution < 1.29 is 0 Å². The molecule has 23 heavy (non-hydrogen) atoms. The summed E-state index contributed by atoms with van der Waals surface area (Å²) in [6.45, 7) is 1.47. The van der Waals surface area contributed by atoms with Crippen molar-refractivity contribution in [1.29, 1.82) is 0 Å². The number of hydrogen-bond donors (Lipinski definition) is 0. The second-order valence-corrected chi connectivity index (χ2v) is 7.80. The molecule has 0 aliphatic rings. The standard InChI is InChI=1S/C15H17N5S3/c1-18(11-20-15(21)23-14(17-20)22-2)9-12-8-16-19(10-12)13-6-4-3-5-7-13/h3-8,10H,9,11H2,1-2H3. The highest BCUT2D eigenvalue weighted by Crippen LogP contribution is 2.19. The molecule has 2 heterocycles. The number of benzene rings is 1. The molecule has 5 nitrogen and oxygen atoms in total. The van der Waals surface area contributed by atoms with Gasteiger partial charge in [0.25, 0.3) is 0 Å².